The third-order valence-corrected chi connectivity index (χ3v) is 9.20. The number of aliphatic hydroxyl groups is 1. The van der Waals surface area contributed by atoms with Gasteiger partial charge in [0.2, 0.25) is 16.3 Å². The van der Waals surface area contributed by atoms with Gasteiger partial charge in [-0.1, -0.05) is 37.5 Å². The number of methoxy groups -OCH3 is 1. The third kappa shape index (κ3) is 7.82. The summed E-state index contributed by atoms with van der Waals surface area (Å²) >= 11 is 0. The minimum absolute atomic E-state index is 0.0259. The fraction of sp³-hybridized carbons (Fsp3) is 0.483. The number of nitrogens with one attached hydrogen (secondary N) is 1. The number of sulfonamides is 1. The first-order valence-corrected chi connectivity index (χ1v) is 15.0. The summed E-state index contributed by atoms with van der Waals surface area (Å²) in [6.45, 7) is -0.326. The molecule has 2 aromatic rings. The second-order valence-corrected chi connectivity index (χ2v) is 11.8. The van der Waals surface area contributed by atoms with Crippen molar-refractivity contribution >= 4 is 21.6 Å². The number of carbonyl (C=O) groups is 1. The Labute approximate surface area is 230 Å². The first-order valence-electron chi connectivity index (χ1n) is 13.5. The molecule has 1 heterocycles. The number of ether oxygens (including phenoxy) is 3. The van der Waals surface area contributed by atoms with Gasteiger partial charge in [-0.2, -0.15) is 4.31 Å². The van der Waals surface area contributed by atoms with E-state index in [0.29, 0.717) is 23.8 Å². The van der Waals surface area contributed by atoms with Crippen LogP contribution in [0.3, 0.4) is 0 Å². The summed E-state index contributed by atoms with van der Waals surface area (Å²) < 4.78 is 44.7. The van der Waals surface area contributed by atoms with Gasteiger partial charge in [0, 0.05) is 25.2 Å². The van der Waals surface area contributed by atoms with Crippen LogP contribution in [0.4, 0.5) is 5.69 Å². The van der Waals surface area contributed by atoms with Crippen molar-refractivity contribution in [3.63, 3.8) is 0 Å². The van der Waals surface area contributed by atoms with Crippen LogP contribution in [-0.2, 0) is 24.3 Å². The molecule has 4 rings (SSSR count). The van der Waals surface area contributed by atoms with E-state index in [2.05, 4.69) is 5.32 Å². The highest BCUT2D eigenvalue weighted by Gasteiger charge is 2.33. The van der Waals surface area contributed by atoms with Crippen LogP contribution in [0.1, 0.15) is 38.5 Å². The van der Waals surface area contributed by atoms with Crippen molar-refractivity contribution < 1.29 is 32.5 Å². The molecule has 0 saturated heterocycles. The lowest BCUT2D eigenvalue weighted by atomic mass is 9.77. The van der Waals surface area contributed by atoms with E-state index < -0.39 is 16.3 Å². The van der Waals surface area contributed by atoms with Gasteiger partial charge in [-0.25, -0.2) is 8.42 Å². The second-order valence-electron chi connectivity index (χ2n) is 9.87. The molecule has 1 fully saturated rings. The molecule has 9 nitrogen and oxygen atoms in total. The molecule has 2 aliphatic rings. The summed E-state index contributed by atoms with van der Waals surface area (Å²) in [5.41, 5.74) is 0.674. The monoisotopic (exact) mass is 558 g/mol. The number of allylic oxidation sites excluding steroid dienone is 1. The molecule has 2 N–H and O–H groups in total. The fourth-order valence-corrected chi connectivity index (χ4v) is 6.61. The van der Waals surface area contributed by atoms with Crippen LogP contribution in [0.5, 0.6) is 5.75 Å². The highest BCUT2D eigenvalue weighted by atomic mass is 32.2. The largest absolute Gasteiger partial charge is 0.497 e. The summed E-state index contributed by atoms with van der Waals surface area (Å²) in [4.78, 5) is 13.2. The Hall–Kier alpha value is -2.92. The zero-order valence-electron chi connectivity index (χ0n) is 22.3. The van der Waals surface area contributed by atoms with Gasteiger partial charge < -0.3 is 24.6 Å². The number of hydrogen-bond acceptors (Lipinski definition) is 7. The smallest absolute Gasteiger partial charge is 0.290 e. The molecule has 0 spiro atoms. The van der Waals surface area contributed by atoms with Crippen LogP contribution >= 0.6 is 0 Å². The molecule has 10 heteroatoms. The van der Waals surface area contributed by atoms with E-state index in [4.69, 9.17) is 14.2 Å². The third-order valence-electron chi connectivity index (χ3n) is 7.29. The molecular formula is C29H38N2O7S. The van der Waals surface area contributed by atoms with Gasteiger partial charge in [-0.05, 0) is 67.2 Å². The molecule has 0 bridgehead atoms. The summed E-state index contributed by atoms with van der Waals surface area (Å²) in [5.74, 6) is 1.03. The average molecular weight is 559 g/mol. The van der Waals surface area contributed by atoms with Crippen LogP contribution in [0.25, 0.3) is 0 Å². The van der Waals surface area contributed by atoms with Crippen molar-refractivity contribution in [2.75, 3.05) is 38.7 Å². The number of hydrogen-bond donors (Lipinski definition) is 2. The number of rotatable bonds is 12. The second kappa shape index (κ2) is 13.9. The van der Waals surface area contributed by atoms with E-state index in [9.17, 15) is 18.3 Å². The predicted molar refractivity (Wildman–Crippen MR) is 148 cm³/mol. The Morgan fingerprint density at radius 1 is 1.05 bits per heavy atom. The number of anilines is 1. The molecule has 2 aromatic carbocycles. The number of para-hydroxylation sites is 1. The van der Waals surface area contributed by atoms with Gasteiger partial charge in [-0.15, -0.1) is 0 Å². The lowest BCUT2D eigenvalue weighted by Crippen LogP contribution is -2.38. The van der Waals surface area contributed by atoms with Gasteiger partial charge in [0.25, 0.3) is 5.91 Å². The van der Waals surface area contributed by atoms with Crippen LogP contribution in [0, 0.1) is 11.8 Å². The Bertz CT molecular complexity index is 1200. The average Bonchev–Trinajstić information content (AvgIpc) is 2.97. The maximum absolute atomic E-state index is 13.2. The molecule has 1 aliphatic heterocycles. The highest BCUT2D eigenvalue weighted by molar-refractivity contribution is 7.89. The van der Waals surface area contributed by atoms with E-state index in [1.165, 1.54) is 42.8 Å². The maximum atomic E-state index is 13.2. The Kier molecular flexibility index (Phi) is 10.4. The van der Waals surface area contributed by atoms with Crippen molar-refractivity contribution in [3.05, 3.63) is 66.4 Å². The van der Waals surface area contributed by atoms with Crippen molar-refractivity contribution in [3.8, 4) is 5.75 Å². The summed E-state index contributed by atoms with van der Waals surface area (Å²) in [6.07, 6.45) is 7.63. The van der Waals surface area contributed by atoms with Gasteiger partial charge in [0.05, 0.1) is 25.2 Å². The summed E-state index contributed by atoms with van der Waals surface area (Å²) in [5, 5.41) is 12.4. The molecule has 1 amide bonds. The number of nitrogens with zero attached hydrogens (tertiary/aromatic N) is 1. The van der Waals surface area contributed by atoms with Gasteiger partial charge in [-0.3, -0.25) is 4.79 Å². The minimum atomic E-state index is -3.86. The van der Waals surface area contributed by atoms with E-state index in [-0.39, 0.29) is 48.8 Å². The summed E-state index contributed by atoms with van der Waals surface area (Å²) in [6, 6.07) is 15.3. The van der Waals surface area contributed by atoms with E-state index in [1.54, 1.807) is 12.1 Å². The number of carbonyl (C=O) groups excluding carboxylic acids is 1. The van der Waals surface area contributed by atoms with Gasteiger partial charge in [0.15, 0.2) is 5.76 Å². The number of aliphatic hydroxyl groups excluding tert-OH is 1. The van der Waals surface area contributed by atoms with Crippen molar-refractivity contribution in [1.82, 2.24) is 4.31 Å². The first-order chi connectivity index (χ1) is 18.9. The van der Waals surface area contributed by atoms with E-state index in [0.717, 1.165) is 12.8 Å². The Morgan fingerprint density at radius 2 is 1.77 bits per heavy atom. The Morgan fingerprint density at radius 3 is 2.44 bits per heavy atom. The molecule has 39 heavy (non-hydrogen) atoms. The van der Waals surface area contributed by atoms with Crippen LogP contribution in [0.2, 0.25) is 0 Å². The molecule has 1 aliphatic carbocycles. The number of benzene rings is 2. The molecule has 2 atom stereocenters. The predicted octanol–water partition coefficient (Wildman–Crippen LogP) is 4.16. The van der Waals surface area contributed by atoms with Crippen LogP contribution in [-0.4, -0.2) is 63.4 Å². The van der Waals surface area contributed by atoms with Gasteiger partial charge >= 0.3 is 0 Å². The quantitative estimate of drug-likeness (QED) is 0.402. The SMILES string of the molecule is COc1ccc(S(=O)(=O)N(CCO)CCO[C@H]2C[C@@H](C3CCCCC3)C=C(C(=O)Nc3ccccc3)O2)cc1. The first kappa shape index (κ1) is 29.1. The van der Waals surface area contributed by atoms with Crippen molar-refractivity contribution in [1.29, 1.82) is 0 Å². The van der Waals surface area contributed by atoms with E-state index >= 15 is 0 Å². The van der Waals surface area contributed by atoms with Crippen molar-refractivity contribution in [2.45, 2.75) is 49.7 Å². The zero-order chi connectivity index (χ0) is 27.7. The molecule has 0 aromatic heterocycles. The Balaban J connectivity index is 1.42. The van der Waals surface area contributed by atoms with Crippen LogP contribution in [0.15, 0.2) is 71.3 Å². The summed E-state index contributed by atoms with van der Waals surface area (Å²) in [7, 11) is -2.35. The topological polar surface area (TPSA) is 114 Å². The highest BCUT2D eigenvalue weighted by Crippen LogP contribution is 2.37. The molecule has 212 valence electrons. The lowest BCUT2D eigenvalue weighted by Gasteiger charge is -2.35. The number of amides is 1. The molecule has 0 radical (unpaired) electrons. The van der Waals surface area contributed by atoms with Crippen LogP contribution < -0.4 is 10.1 Å². The fourth-order valence-electron chi connectivity index (χ4n) is 5.20. The van der Waals surface area contributed by atoms with Crippen molar-refractivity contribution in [2.24, 2.45) is 11.8 Å². The molecule has 1 saturated carbocycles. The zero-order valence-corrected chi connectivity index (χ0v) is 23.1. The lowest BCUT2D eigenvalue weighted by molar-refractivity contribution is -0.149. The molecular weight excluding hydrogens is 520 g/mol. The minimum Gasteiger partial charge on any atom is -0.497 e. The normalized spacial score (nSPS) is 20.2. The standard InChI is InChI=1S/C29H38N2O7S/c1-36-25-12-14-26(15-13-25)39(34,35)31(16-18-32)17-19-37-28-21-23(22-8-4-2-5-9-22)20-27(38-28)29(33)30-24-10-6-3-7-11-24/h3,6-7,10-15,20,22-23,28,32H,2,4-5,8-9,16-19,21H2,1H3,(H,30,33)/t23-,28+/m0/s1. The molecule has 0 unspecified atom stereocenters. The van der Waals surface area contributed by atoms with Gasteiger partial charge in [0.1, 0.15) is 5.75 Å². The maximum Gasteiger partial charge on any atom is 0.290 e. The van der Waals surface area contributed by atoms with E-state index in [1.807, 2.05) is 36.4 Å².